The number of allylic oxidation sites excluding steroid dienone is 6. The molecule has 0 fully saturated rings. The molecule has 30 heavy (non-hydrogen) atoms. The van der Waals surface area contributed by atoms with Gasteiger partial charge in [0.15, 0.2) is 0 Å². The van der Waals surface area contributed by atoms with Crippen LogP contribution in [0.4, 0.5) is 4.79 Å². The van der Waals surface area contributed by atoms with Crippen molar-refractivity contribution < 1.29 is 14.3 Å². The average molecular weight is 416 g/mol. The van der Waals surface area contributed by atoms with Gasteiger partial charge in [-0.15, -0.1) is 0 Å². The maximum absolute atomic E-state index is 12.1. The number of amides is 2. The van der Waals surface area contributed by atoms with E-state index in [1.165, 1.54) is 6.08 Å². The van der Waals surface area contributed by atoms with Crippen molar-refractivity contribution in [2.75, 3.05) is 13.1 Å². The van der Waals surface area contributed by atoms with Gasteiger partial charge >= 0.3 is 6.09 Å². The van der Waals surface area contributed by atoms with Crippen molar-refractivity contribution in [2.45, 2.75) is 46.1 Å². The molecule has 8 heteroatoms. The highest BCUT2D eigenvalue weighted by Crippen LogP contribution is 2.18. The Kier molecular flexibility index (Phi) is 9.61. The van der Waals surface area contributed by atoms with Crippen molar-refractivity contribution in [3.63, 3.8) is 0 Å². The second-order valence-electron chi connectivity index (χ2n) is 7.82. The van der Waals surface area contributed by atoms with E-state index in [4.69, 9.17) is 16.2 Å². The number of rotatable bonds is 8. The number of ether oxygens (including phenoxy) is 1. The van der Waals surface area contributed by atoms with Crippen LogP contribution in [-0.4, -0.2) is 42.3 Å². The molecule has 0 aromatic rings. The summed E-state index contributed by atoms with van der Waals surface area (Å²) in [5, 5.41) is 2.61. The zero-order valence-electron chi connectivity index (χ0n) is 18.3. The minimum Gasteiger partial charge on any atom is -0.444 e. The van der Waals surface area contributed by atoms with Gasteiger partial charge in [-0.3, -0.25) is 9.79 Å². The van der Waals surface area contributed by atoms with Crippen molar-refractivity contribution in [1.82, 2.24) is 10.2 Å². The SMILES string of the molecule is C=N/C(C)=C\C=C/CCC(=O)N/C(N)=C/C=C(\N)C1=CCN(C(=O)OC(C)(C)C)C1. The molecule has 164 valence electrons. The lowest BCUT2D eigenvalue weighted by atomic mass is 10.2. The highest BCUT2D eigenvalue weighted by atomic mass is 16.6. The van der Waals surface area contributed by atoms with Crippen LogP contribution in [0.2, 0.25) is 0 Å². The third-order valence-corrected chi connectivity index (χ3v) is 3.93. The van der Waals surface area contributed by atoms with E-state index in [1.54, 1.807) is 11.0 Å². The van der Waals surface area contributed by atoms with E-state index < -0.39 is 5.60 Å². The quantitative estimate of drug-likeness (QED) is 0.415. The molecule has 1 heterocycles. The summed E-state index contributed by atoms with van der Waals surface area (Å²) in [5.74, 6) is 0.000207. The van der Waals surface area contributed by atoms with Crippen LogP contribution >= 0.6 is 0 Å². The van der Waals surface area contributed by atoms with Gasteiger partial charge in [0.25, 0.3) is 0 Å². The van der Waals surface area contributed by atoms with Crippen LogP contribution in [0.15, 0.2) is 64.2 Å². The van der Waals surface area contributed by atoms with Gasteiger partial charge in [0, 0.05) is 24.4 Å². The fourth-order valence-corrected chi connectivity index (χ4v) is 2.35. The molecule has 0 aromatic carbocycles. The molecule has 0 radical (unpaired) electrons. The summed E-state index contributed by atoms with van der Waals surface area (Å²) in [6.45, 7) is 11.5. The van der Waals surface area contributed by atoms with E-state index in [0.29, 0.717) is 31.6 Å². The number of aliphatic imine (C=N–C) groups is 1. The standard InChI is InChI=1S/C22H33N5O3/c1-16(25-5)9-7-6-8-10-20(28)26-19(24)12-11-18(23)17-13-14-27(15-17)21(29)30-22(2,3)4/h6-7,9,11-13H,5,8,10,14-15,23-24H2,1-4H3,(H,26,28)/b7-6-,16-9-,18-11-,19-12+. The highest BCUT2D eigenvalue weighted by molar-refractivity contribution is 5.77. The van der Waals surface area contributed by atoms with E-state index >= 15 is 0 Å². The summed E-state index contributed by atoms with van der Waals surface area (Å²) in [7, 11) is 0. The van der Waals surface area contributed by atoms with Crippen molar-refractivity contribution in [3.8, 4) is 0 Å². The lowest BCUT2D eigenvalue weighted by Crippen LogP contribution is -2.35. The molecular weight excluding hydrogens is 382 g/mol. The number of hydrogen-bond donors (Lipinski definition) is 3. The topological polar surface area (TPSA) is 123 Å². The first-order valence-electron chi connectivity index (χ1n) is 9.72. The lowest BCUT2D eigenvalue weighted by molar-refractivity contribution is -0.120. The molecule has 8 nitrogen and oxygen atoms in total. The van der Waals surface area contributed by atoms with Crippen LogP contribution in [-0.2, 0) is 9.53 Å². The van der Waals surface area contributed by atoms with Crippen molar-refractivity contribution in [2.24, 2.45) is 16.5 Å². The zero-order chi connectivity index (χ0) is 22.7. The van der Waals surface area contributed by atoms with Crippen LogP contribution in [0, 0.1) is 0 Å². The first-order valence-corrected chi connectivity index (χ1v) is 9.72. The maximum atomic E-state index is 12.1. The first-order chi connectivity index (χ1) is 14.0. The first kappa shape index (κ1) is 24.7. The summed E-state index contributed by atoms with van der Waals surface area (Å²) in [5.41, 5.74) is 13.4. The van der Waals surface area contributed by atoms with Gasteiger partial charge in [-0.25, -0.2) is 4.79 Å². The molecule has 1 rings (SSSR count). The Morgan fingerprint density at radius 1 is 1.30 bits per heavy atom. The predicted molar refractivity (Wildman–Crippen MR) is 120 cm³/mol. The highest BCUT2D eigenvalue weighted by Gasteiger charge is 2.25. The minimum atomic E-state index is -0.551. The third kappa shape index (κ3) is 9.77. The Morgan fingerprint density at radius 2 is 2.00 bits per heavy atom. The van der Waals surface area contributed by atoms with Gasteiger partial charge in [-0.1, -0.05) is 18.2 Å². The Morgan fingerprint density at radius 3 is 2.63 bits per heavy atom. The molecule has 1 aliphatic heterocycles. The minimum absolute atomic E-state index is 0.195. The van der Waals surface area contributed by atoms with Gasteiger partial charge < -0.3 is 26.4 Å². The molecule has 0 aliphatic carbocycles. The van der Waals surface area contributed by atoms with E-state index in [0.717, 1.165) is 11.3 Å². The molecular formula is C22H33N5O3. The van der Waals surface area contributed by atoms with Gasteiger partial charge in [0.2, 0.25) is 5.91 Å². The number of nitrogens with zero attached hydrogens (tertiary/aromatic N) is 2. The van der Waals surface area contributed by atoms with Crippen LogP contribution in [0.3, 0.4) is 0 Å². The van der Waals surface area contributed by atoms with Crippen LogP contribution in [0.1, 0.15) is 40.5 Å². The summed E-state index contributed by atoms with van der Waals surface area (Å²) in [6, 6.07) is 0. The largest absolute Gasteiger partial charge is 0.444 e. The number of carbonyl (C=O) groups excluding carboxylic acids is 2. The van der Waals surface area contributed by atoms with Crippen molar-refractivity contribution >= 4 is 18.7 Å². The Hall–Kier alpha value is -3.29. The predicted octanol–water partition coefficient (Wildman–Crippen LogP) is 2.86. The van der Waals surface area contributed by atoms with E-state index in [2.05, 4.69) is 17.0 Å². The molecule has 2 amide bonds. The molecule has 0 bridgehead atoms. The third-order valence-electron chi connectivity index (χ3n) is 3.93. The molecule has 0 saturated heterocycles. The van der Waals surface area contributed by atoms with Crippen LogP contribution in [0.25, 0.3) is 0 Å². The Labute approximate surface area is 178 Å². The van der Waals surface area contributed by atoms with Gasteiger partial charge in [0.1, 0.15) is 11.4 Å². The molecule has 1 aliphatic rings. The van der Waals surface area contributed by atoms with Crippen molar-refractivity contribution in [3.05, 3.63) is 59.2 Å². The van der Waals surface area contributed by atoms with Gasteiger partial charge in [-0.2, -0.15) is 0 Å². The smallest absolute Gasteiger partial charge is 0.410 e. The normalized spacial score (nSPS) is 15.9. The monoisotopic (exact) mass is 415 g/mol. The fourth-order valence-electron chi connectivity index (χ4n) is 2.35. The lowest BCUT2D eigenvalue weighted by Gasteiger charge is -2.24. The molecule has 0 unspecified atom stereocenters. The van der Waals surface area contributed by atoms with Gasteiger partial charge in [-0.05, 0) is 64.6 Å². The average Bonchev–Trinajstić information content (AvgIpc) is 3.14. The van der Waals surface area contributed by atoms with E-state index in [-0.39, 0.29) is 17.8 Å². The molecule has 5 N–H and O–H groups in total. The van der Waals surface area contributed by atoms with Gasteiger partial charge in [0.05, 0.1) is 6.54 Å². The second kappa shape index (κ2) is 11.6. The molecule has 0 spiro atoms. The number of nitrogens with one attached hydrogen (secondary N) is 1. The molecule has 0 aromatic heterocycles. The Bertz CT molecular complexity index is 798. The van der Waals surface area contributed by atoms with Crippen LogP contribution < -0.4 is 16.8 Å². The summed E-state index contributed by atoms with van der Waals surface area (Å²) >= 11 is 0. The number of hydrogen-bond acceptors (Lipinski definition) is 6. The summed E-state index contributed by atoms with van der Waals surface area (Å²) < 4.78 is 5.35. The summed E-state index contributed by atoms with van der Waals surface area (Å²) in [4.78, 5) is 29.3. The fraction of sp³-hybridized carbons (Fsp3) is 0.409. The number of carbonyl (C=O) groups is 2. The van der Waals surface area contributed by atoms with Crippen LogP contribution in [0.5, 0.6) is 0 Å². The number of nitrogens with two attached hydrogens (primary N) is 2. The zero-order valence-corrected chi connectivity index (χ0v) is 18.3. The maximum Gasteiger partial charge on any atom is 0.410 e. The summed E-state index contributed by atoms with van der Waals surface area (Å²) in [6.07, 6.45) is 11.0. The van der Waals surface area contributed by atoms with E-state index in [1.807, 2.05) is 52.0 Å². The van der Waals surface area contributed by atoms with E-state index in [9.17, 15) is 9.59 Å². The van der Waals surface area contributed by atoms with Crippen molar-refractivity contribution in [1.29, 1.82) is 0 Å². The Balaban J connectivity index is 2.49. The second-order valence-corrected chi connectivity index (χ2v) is 7.82. The molecule has 0 atom stereocenters. The molecule has 0 saturated carbocycles.